The van der Waals surface area contributed by atoms with Crippen molar-refractivity contribution in [3.05, 3.63) is 125 Å². The summed E-state index contributed by atoms with van der Waals surface area (Å²) >= 11 is 0. The lowest BCUT2D eigenvalue weighted by Gasteiger charge is -2.35. The number of imide groups is 1. The monoisotopic (exact) mass is 712 g/mol. The standard InChI is InChI=1S/C50H52N2O2/c1-47(2,3)28-49(7,8)31-17-21-33(22-18-31)52(34-23-19-32(20-24-34)50(9,10)29-48(4,5)6)40-27-39-42-38(45(53)51-46(39)54)26-25-36-35-15-11-13-30-14-12-16-37(41(30)35)43(40)44(36)42/h11-27H,28-29H2,1-10H3,(H,51,53,54). The maximum atomic E-state index is 13.9. The van der Waals surface area contributed by atoms with Gasteiger partial charge in [0.2, 0.25) is 0 Å². The van der Waals surface area contributed by atoms with Gasteiger partial charge in [-0.1, -0.05) is 136 Å². The summed E-state index contributed by atoms with van der Waals surface area (Å²) in [4.78, 5) is 29.6. The van der Waals surface area contributed by atoms with Crippen LogP contribution in [-0.2, 0) is 10.8 Å². The molecule has 54 heavy (non-hydrogen) atoms. The Morgan fingerprint density at radius 3 is 1.48 bits per heavy atom. The Kier molecular flexibility index (Phi) is 8.05. The van der Waals surface area contributed by atoms with E-state index in [4.69, 9.17) is 0 Å². The summed E-state index contributed by atoms with van der Waals surface area (Å²) in [7, 11) is 0. The number of carbonyl (C=O) groups is 2. The molecule has 0 spiro atoms. The quantitative estimate of drug-likeness (QED) is 0.102. The van der Waals surface area contributed by atoms with E-state index in [-0.39, 0.29) is 33.5 Å². The highest BCUT2D eigenvalue weighted by Crippen LogP contribution is 2.50. The number of hydrogen-bond acceptors (Lipinski definition) is 3. The van der Waals surface area contributed by atoms with Gasteiger partial charge >= 0.3 is 0 Å². The summed E-state index contributed by atoms with van der Waals surface area (Å²) in [5.74, 6) is -0.721. The minimum atomic E-state index is -0.368. The van der Waals surface area contributed by atoms with Crippen LogP contribution in [-0.4, -0.2) is 11.8 Å². The van der Waals surface area contributed by atoms with E-state index < -0.39 is 0 Å². The molecule has 0 atom stereocenters. The van der Waals surface area contributed by atoms with Crippen LogP contribution in [0.3, 0.4) is 0 Å². The van der Waals surface area contributed by atoms with E-state index in [1.54, 1.807) is 0 Å². The molecule has 7 aromatic rings. The first-order valence-electron chi connectivity index (χ1n) is 19.4. The van der Waals surface area contributed by atoms with Crippen molar-refractivity contribution in [3.63, 3.8) is 0 Å². The Morgan fingerprint density at radius 2 is 0.963 bits per heavy atom. The molecule has 0 aromatic heterocycles. The van der Waals surface area contributed by atoms with E-state index in [0.717, 1.165) is 67.6 Å². The molecule has 0 radical (unpaired) electrons. The van der Waals surface area contributed by atoms with Gasteiger partial charge in [0.05, 0.1) is 11.3 Å². The highest BCUT2D eigenvalue weighted by Gasteiger charge is 2.33. The fraction of sp³-hybridized carbons (Fsp3) is 0.320. The van der Waals surface area contributed by atoms with Crippen molar-refractivity contribution >= 4 is 72.0 Å². The Balaban J connectivity index is 1.44. The lowest BCUT2D eigenvalue weighted by atomic mass is 9.72. The Bertz CT molecular complexity index is 2540. The van der Waals surface area contributed by atoms with Gasteiger partial charge in [0, 0.05) is 33.1 Å². The van der Waals surface area contributed by atoms with Crippen molar-refractivity contribution < 1.29 is 9.59 Å². The molecule has 4 heteroatoms. The number of nitrogens with zero attached hydrogens (tertiary/aromatic N) is 1. The molecule has 4 nitrogen and oxygen atoms in total. The number of carbonyl (C=O) groups excluding carboxylic acids is 2. The number of anilines is 3. The van der Waals surface area contributed by atoms with Crippen molar-refractivity contribution in [1.82, 2.24) is 5.32 Å². The molecule has 1 N–H and O–H groups in total. The van der Waals surface area contributed by atoms with Crippen LogP contribution in [0.2, 0.25) is 0 Å². The van der Waals surface area contributed by atoms with Crippen molar-refractivity contribution in [3.8, 4) is 0 Å². The van der Waals surface area contributed by atoms with Crippen molar-refractivity contribution in [2.75, 3.05) is 4.90 Å². The molecule has 274 valence electrons. The SMILES string of the molecule is CC(C)(C)CC(C)(C)c1ccc(N(c2ccc(C(C)(C)CC(C)(C)C)cc2)c2cc3c4c(ccc5c6cccc7cccc(c2c45)c76)C(=O)NC3=O)cc1. The highest BCUT2D eigenvalue weighted by molar-refractivity contribution is 6.40. The van der Waals surface area contributed by atoms with Gasteiger partial charge in [0.1, 0.15) is 0 Å². The third-order valence-corrected chi connectivity index (χ3v) is 11.4. The lowest BCUT2D eigenvalue weighted by molar-refractivity contribution is 0.0845. The topological polar surface area (TPSA) is 49.4 Å². The summed E-state index contributed by atoms with van der Waals surface area (Å²) in [5, 5.41) is 11.0. The number of benzene rings is 7. The van der Waals surface area contributed by atoms with Crippen LogP contribution in [0.5, 0.6) is 0 Å². The molecule has 0 fully saturated rings. The van der Waals surface area contributed by atoms with E-state index in [9.17, 15) is 9.59 Å². The number of nitrogens with one attached hydrogen (secondary N) is 1. The second-order valence-corrected chi connectivity index (χ2v) is 19.4. The van der Waals surface area contributed by atoms with Gasteiger partial charge in [-0.05, 0) is 109 Å². The fourth-order valence-electron chi connectivity index (χ4n) is 10.0. The Hall–Kier alpha value is -5.22. The first kappa shape index (κ1) is 35.8. The van der Waals surface area contributed by atoms with Gasteiger partial charge in [-0.25, -0.2) is 0 Å². The fourth-order valence-corrected chi connectivity index (χ4v) is 10.0. The van der Waals surface area contributed by atoms with E-state index in [0.29, 0.717) is 11.1 Å². The number of amides is 2. The third-order valence-electron chi connectivity index (χ3n) is 11.4. The van der Waals surface area contributed by atoms with Crippen LogP contribution < -0.4 is 10.2 Å². The van der Waals surface area contributed by atoms with Crippen LogP contribution in [0.15, 0.2) is 103 Å². The van der Waals surface area contributed by atoms with Gasteiger partial charge in [-0.2, -0.15) is 0 Å². The molecule has 1 aliphatic rings. The first-order valence-corrected chi connectivity index (χ1v) is 19.4. The predicted octanol–water partition coefficient (Wildman–Crippen LogP) is 13.5. The summed E-state index contributed by atoms with van der Waals surface area (Å²) in [5.41, 5.74) is 6.88. The summed E-state index contributed by atoms with van der Waals surface area (Å²) < 4.78 is 0. The van der Waals surface area contributed by atoms with Crippen LogP contribution in [0.1, 0.15) is 114 Å². The molecular formula is C50H52N2O2. The predicted molar refractivity (Wildman–Crippen MR) is 228 cm³/mol. The van der Waals surface area contributed by atoms with Crippen LogP contribution >= 0.6 is 0 Å². The second-order valence-electron chi connectivity index (χ2n) is 19.4. The zero-order valence-corrected chi connectivity index (χ0v) is 33.5. The Morgan fingerprint density at radius 1 is 0.481 bits per heavy atom. The molecule has 0 saturated carbocycles. The third kappa shape index (κ3) is 6.00. The van der Waals surface area contributed by atoms with Crippen LogP contribution in [0.25, 0.3) is 43.1 Å². The molecule has 1 heterocycles. The maximum Gasteiger partial charge on any atom is 0.258 e. The largest absolute Gasteiger partial charge is 0.310 e. The first-order chi connectivity index (χ1) is 25.3. The normalized spacial score (nSPS) is 14.1. The molecule has 0 unspecified atom stereocenters. The van der Waals surface area contributed by atoms with Crippen LogP contribution in [0, 0.1) is 10.8 Å². The molecule has 0 aliphatic carbocycles. The molecule has 2 amide bonds. The van der Waals surface area contributed by atoms with Gasteiger partial charge < -0.3 is 4.90 Å². The zero-order chi connectivity index (χ0) is 38.5. The zero-order valence-electron chi connectivity index (χ0n) is 33.5. The maximum absolute atomic E-state index is 13.9. The number of fused-ring (bicyclic) bond motifs is 2. The van der Waals surface area contributed by atoms with Gasteiger partial charge in [0.25, 0.3) is 11.8 Å². The second kappa shape index (κ2) is 12.1. The van der Waals surface area contributed by atoms with E-state index in [1.165, 1.54) is 16.5 Å². The van der Waals surface area contributed by atoms with Crippen molar-refractivity contribution in [1.29, 1.82) is 0 Å². The summed E-state index contributed by atoms with van der Waals surface area (Å²) in [6.45, 7) is 23.1. The Labute approximate surface area is 319 Å². The summed E-state index contributed by atoms with van der Waals surface area (Å²) in [6, 6.07) is 36.9. The minimum Gasteiger partial charge on any atom is -0.310 e. The molecular weight excluding hydrogens is 661 g/mol. The lowest BCUT2D eigenvalue weighted by Crippen LogP contribution is -2.35. The average Bonchev–Trinajstić information content (AvgIpc) is 3.08. The average molecular weight is 713 g/mol. The van der Waals surface area contributed by atoms with Crippen molar-refractivity contribution in [2.24, 2.45) is 10.8 Å². The van der Waals surface area contributed by atoms with Gasteiger partial charge in [-0.15, -0.1) is 0 Å². The van der Waals surface area contributed by atoms with Gasteiger partial charge in [-0.3, -0.25) is 14.9 Å². The highest BCUT2D eigenvalue weighted by atomic mass is 16.2. The van der Waals surface area contributed by atoms with E-state index in [1.807, 2.05) is 12.1 Å². The minimum absolute atomic E-state index is 0.0176. The molecule has 1 aliphatic heterocycles. The smallest absolute Gasteiger partial charge is 0.258 e. The molecule has 0 bridgehead atoms. The van der Waals surface area contributed by atoms with E-state index in [2.05, 4.69) is 170 Å². The van der Waals surface area contributed by atoms with Crippen molar-refractivity contribution in [2.45, 2.75) is 92.9 Å². The molecule has 8 rings (SSSR count). The van der Waals surface area contributed by atoms with Crippen LogP contribution in [0.4, 0.5) is 17.1 Å². The summed E-state index contributed by atoms with van der Waals surface area (Å²) in [6.07, 6.45) is 2.10. The van der Waals surface area contributed by atoms with Gasteiger partial charge in [0.15, 0.2) is 0 Å². The molecule has 7 aromatic carbocycles. The molecule has 0 saturated heterocycles. The number of rotatable bonds is 7. The van der Waals surface area contributed by atoms with E-state index >= 15 is 0 Å². The number of hydrogen-bond donors (Lipinski definition) is 1.